The molecule has 0 bridgehead atoms. The Hall–Kier alpha value is -1.95. The van der Waals surface area contributed by atoms with Gasteiger partial charge < -0.3 is 4.74 Å². The van der Waals surface area contributed by atoms with E-state index in [1.807, 2.05) is 12.1 Å². The molecule has 7 heteroatoms. The first-order valence-corrected chi connectivity index (χ1v) is 6.84. The number of ether oxygens (including phenoxy) is 1. The first kappa shape index (κ1) is 14.5. The molecule has 2 aromatic heterocycles. The van der Waals surface area contributed by atoms with Crippen molar-refractivity contribution in [2.45, 2.75) is 25.8 Å². The summed E-state index contributed by atoms with van der Waals surface area (Å²) in [4.78, 5) is 15.7. The van der Waals surface area contributed by atoms with Crippen LogP contribution in [0.1, 0.15) is 28.7 Å². The van der Waals surface area contributed by atoms with Crippen molar-refractivity contribution < 1.29 is 9.53 Å². The predicted octanol–water partition coefficient (Wildman–Crippen LogP) is 1.83. The van der Waals surface area contributed by atoms with Crippen LogP contribution in [-0.4, -0.2) is 32.6 Å². The molecule has 0 saturated heterocycles. The van der Waals surface area contributed by atoms with Crippen LogP contribution in [0.4, 0.5) is 0 Å². The molecule has 0 aliphatic heterocycles. The number of carbonyl (C=O) groups is 1. The van der Waals surface area contributed by atoms with Gasteiger partial charge in [-0.25, -0.2) is 9.48 Å². The van der Waals surface area contributed by atoms with Gasteiger partial charge in [0.15, 0.2) is 5.69 Å². The molecule has 0 amide bonds. The highest BCUT2D eigenvalue weighted by Crippen LogP contribution is 2.11. The topological polar surface area (TPSA) is 69.9 Å². The molecule has 2 heterocycles. The van der Waals surface area contributed by atoms with Crippen LogP contribution in [0.25, 0.3) is 0 Å². The fourth-order valence-electron chi connectivity index (χ4n) is 1.79. The lowest BCUT2D eigenvalue weighted by molar-refractivity contribution is 0.0518. The summed E-state index contributed by atoms with van der Waals surface area (Å²) in [5.41, 5.74) is 1.91. The summed E-state index contributed by atoms with van der Waals surface area (Å²) in [5, 5.41) is 7.83. The Morgan fingerprint density at radius 3 is 2.80 bits per heavy atom. The number of alkyl halides is 1. The molecule has 0 atom stereocenters. The summed E-state index contributed by atoms with van der Waals surface area (Å²) >= 11 is 5.89. The van der Waals surface area contributed by atoms with Crippen molar-refractivity contribution in [3.63, 3.8) is 0 Å². The third kappa shape index (κ3) is 3.33. The van der Waals surface area contributed by atoms with Crippen molar-refractivity contribution in [2.75, 3.05) is 6.61 Å². The number of hydrogen-bond donors (Lipinski definition) is 0. The first-order chi connectivity index (χ1) is 9.76. The largest absolute Gasteiger partial charge is 0.461 e. The highest BCUT2D eigenvalue weighted by molar-refractivity contribution is 6.17. The SMILES string of the molecule is CCOC(=O)c1nnn(CCc2ccncc2)c1CCl. The number of aromatic nitrogens is 4. The Balaban J connectivity index is 2.10. The molecular weight excluding hydrogens is 280 g/mol. The van der Waals surface area contributed by atoms with Crippen LogP contribution in [0.2, 0.25) is 0 Å². The molecule has 0 saturated carbocycles. The lowest BCUT2D eigenvalue weighted by Gasteiger charge is -2.05. The maximum Gasteiger partial charge on any atom is 0.360 e. The number of pyridine rings is 1. The Labute approximate surface area is 121 Å². The fraction of sp³-hybridized carbons (Fsp3) is 0.385. The molecule has 0 fully saturated rings. The number of nitrogens with zero attached hydrogens (tertiary/aromatic N) is 4. The van der Waals surface area contributed by atoms with Crippen molar-refractivity contribution in [2.24, 2.45) is 0 Å². The lowest BCUT2D eigenvalue weighted by Crippen LogP contribution is -2.11. The number of halogens is 1. The molecule has 0 aliphatic carbocycles. The summed E-state index contributed by atoms with van der Waals surface area (Å²) < 4.78 is 6.56. The van der Waals surface area contributed by atoms with Crippen LogP contribution >= 0.6 is 11.6 Å². The summed E-state index contributed by atoms with van der Waals surface area (Å²) in [7, 11) is 0. The monoisotopic (exact) mass is 294 g/mol. The molecule has 0 radical (unpaired) electrons. The molecule has 2 aromatic rings. The third-order valence-electron chi connectivity index (χ3n) is 2.79. The van der Waals surface area contributed by atoms with Crippen molar-refractivity contribution in [3.8, 4) is 0 Å². The molecule has 0 spiro atoms. The van der Waals surface area contributed by atoms with Crippen molar-refractivity contribution in [1.82, 2.24) is 20.0 Å². The molecule has 0 aliphatic rings. The van der Waals surface area contributed by atoms with E-state index in [0.29, 0.717) is 18.8 Å². The standard InChI is InChI=1S/C13H15ClN4O2/c1-2-20-13(19)12-11(9-14)18(17-16-12)8-5-10-3-6-15-7-4-10/h3-4,6-7H,2,5,8-9H2,1H3. The fourth-order valence-corrected chi connectivity index (χ4v) is 2.05. The van der Waals surface area contributed by atoms with E-state index in [9.17, 15) is 4.79 Å². The minimum Gasteiger partial charge on any atom is -0.461 e. The highest BCUT2D eigenvalue weighted by atomic mass is 35.5. The minimum absolute atomic E-state index is 0.164. The van der Waals surface area contributed by atoms with Gasteiger partial charge in [0.25, 0.3) is 0 Å². The van der Waals surface area contributed by atoms with Crippen LogP contribution in [0, 0.1) is 0 Å². The molecule has 0 N–H and O–H groups in total. The third-order valence-corrected chi connectivity index (χ3v) is 3.05. The van der Waals surface area contributed by atoms with Crippen LogP contribution in [0.3, 0.4) is 0 Å². The van der Waals surface area contributed by atoms with Gasteiger partial charge in [0.1, 0.15) is 0 Å². The smallest absolute Gasteiger partial charge is 0.360 e. The van der Waals surface area contributed by atoms with Gasteiger partial charge in [0.2, 0.25) is 0 Å². The maximum absolute atomic E-state index is 11.7. The summed E-state index contributed by atoms with van der Waals surface area (Å²) in [6, 6.07) is 3.87. The second-order valence-corrected chi connectivity index (χ2v) is 4.33. The number of rotatable bonds is 6. The molecule has 2 rings (SSSR count). The van der Waals surface area contributed by atoms with E-state index in [1.165, 1.54) is 0 Å². The van der Waals surface area contributed by atoms with E-state index in [0.717, 1.165) is 12.0 Å². The summed E-state index contributed by atoms with van der Waals surface area (Å²) in [5.74, 6) is -0.323. The average Bonchev–Trinajstić information content (AvgIpc) is 2.89. The summed E-state index contributed by atoms with van der Waals surface area (Å²) in [6.07, 6.45) is 4.24. The van der Waals surface area contributed by atoms with Gasteiger partial charge in [0, 0.05) is 18.9 Å². The van der Waals surface area contributed by atoms with E-state index in [-0.39, 0.29) is 11.6 Å². The quantitative estimate of drug-likeness (QED) is 0.600. The van der Waals surface area contributed by atoms with Crippen LogP contribution in [0.15, 0.2) is 24.5 Å². The average molecular weight is 295 g/mol. The van der Waals surface area contributed by atoms with Crippen molar-refractivity contribution in [1.29, 1.82) is 0 Å². The van der Waals surface area contributed by atoms with Crippen LogP contribution in [-0.2, 0) is 23.6 Å². The van der Waals surface area contributed by atoms with Crippen molar-refractivity contribution in [3.05, 3.63) is 41.5 Å². The Morgan fingerprint density at radius 2 is 2.15 bits per heavy atom. The molecule has 0 unspecified atom stereocenters. The van der Waals surface area contributed by atoms with Gasteiger partial charge >= 0.3 is 5.97 Å². The van der Waals surface area contributed by atoms with Gasteiger partial charge in [-0.1, -0.05) is 5.21 Å². The van der Waals surface area contributed by atoms with Gasteiger partial charge in [-0.15, -0.1) is 16.7 Å². The second-order valence-electron chi connectivity index (χ2n) is 4.07. The van der Waals surface area contributed by atoms with Crippen molar-refractivity contribution >= 4 is 17.6 Å². The van der Waals surface area contributed by atoms with E-state index in [2.05, 4.69) is 15.3 Å². The molecule has 6 nitrogen and oxygen atoms in total. The zero-order valence-corrected chi connectivity index (χ0v) is 11.9. The van der Waals surface area contributed by atoms with E-state index >= 15 is 0 Å². The molecule has 20 heavy (non-hydrogen) atoms. The Kier molecular flexibility index (Phi) is 5.06. The molecular formula is C13H15ClN4O2. The Bertz CT molecular complexity index is 571. The summed E-state index contributed by atoms with van der Waals surface area (Å²) in [6.45, 7) is 2.63. The lowest BCUT2D eigenvalue weighted by atomic mass is 10.2. The zero-order valence-electron chi connectivity index (χ0n) is 11.1. The van der Waals surface area contributed by atoms with Gasteiger partial charge in [-0.2, -0.15) is 0 Å². The van der Waals surface area contributed by atoms with Crippen LogP contribution in [0.5, 0.6) is 0 Å². The van der Waals surface area contributed by atoms with E-state index in [4.69, 9.17) is 16.3 Å². The predicted molar refractivity (Wildman–Crippen MR) is 73.5 cm³/mol. The van der Waals surface area contributed by atoms with Crippen LogP contribution < -0.4 is 0 Å². The molecule has 106 valence electrons. The Morgan fingerprint density at radius 1 is 1.40 bits per heavy atom. The van der Waals surface area contributed by atoms with Gasteiger partial charge in [0.05, 0.1) is 18.2 Å². The van der Waals surface area contributed by atoms with Gasteiger partial charge in [-0.05, 0) is 31.0 Å². The van der Waals surface area contributed by atoms with E-state index in [1.54, 1.807) is 24.0 Å². The number of hydrogen-bond acceptors (Lipinski definition) is 5. The van der Waals surface area contributed by atoms with Gasteiger partial charge in [-0.3, -0.25) is 4.98 Å². The van der Waals surface area contributed by atoms with E-state index < -0.39 is 5.97 Å². The zero-order chi connectivity index (χ0) is 14.4. The second kappa shape index (κ2) is 7.00. The number of carbonyl (C=O) groups excluding carboxylic acids is 1. The maximum atomic E-state index is 11.7. The normalized spacial score (nSPS) is 10.5. The number of aryl methyl sites for hydroxylation is 2. The molecule has 0 aromatic carbocycles. The highest BCUT2D eigenvalue weighted by Gasteiger charge is 2.19. The minimum atomic E-state index is -0.488. The number of esters is 1. The first-order valence-electron chi connectivity index (χ1n) is 6.30.